The Hall–Kier alpha value is 0.171. The van der Waals surface area contributed by atoms with E-state index in [4.69, 9.17) is 55.6 Å². The molecule has 0 amide bonds. The minimum absolute atomic E-state index is 0.215. The van der Waals surface area contributed by atoms with Gasteiger partial charge in [0.05, 0.1) is 119 Å². The van der Waals surface area contributed by atoms with E-state index in [1.165, 1.54) is 0 Å². The smallest absolute Gasteiger partial charge is 0.314 e. The van der Waals surface area contributed by atoms with Crippen LogP contribution in [0.5, 0.6) is 0 Å². The van der Waals surface area contributed by atoms with Gasteiger partial charge >= 0.3 is 8.56 Å². The van der Waals surface area contributed by atoms with Crippen LogP contribution < -0.4 is 0 Å². The molecule has 0 aromatic heterocycles. The summed E-state index contributed by atoms with van der Waals surface area (Å²) in [6.07, 6.45) is 0.947. The predicted octanol–water partition coefficient (Wildman–Crippen LogP) is 5.29. The molecule has 2 unspecified atom stereocenters. The van der Waals surface area contributed by atoms with Crippen LogP contribution in [0.15, 0.2) is 0 Å². The lowest BCUT2D eigenvalue weighted by molar-refractivity contribution is -0.0258. The minimum atomic E-state index is -2.29. The van der Waals surface area contributed by atoms with Gasteiger partial charge in [-0.2, -0.15) is 0 Å². The second kappa shape index (κ2) is 31.7. The van der Waals surface area contributed by atoms with Crippen molar-refractivity contribution in [2.75, 3.05) is 133 Å². The van der Waals surface area contributed by atoms with Gasteiger partial charge in [0.25, 0.3) is 0 Å². The van der Waals surface area contributed by atoms with Gasteiger partial charge in [-0.25, -0.2) is 0 Å². The normalized spacial score (nSPS) is 14.5. The summed E-state index contributed by atoms with van der Waals surface area (Å²) in [5, 5.41) is 0.215. The predicted molar refractivity (Wildman–Crippen MR) is 202 cm³/mol. The van der Waals surface area contributed by atoms with Crippen molar-refractivity contribution in [2.45, 2.75) is 84.4 Å². The van der Waals surface area contributed by atoms with E-state index in [1.54, 1.807) is 7.11 Å². The number of methoxy groups -OCH3 is 1. The fourth-order valence-electron chi connectivity index (χ4n) is 4.79. The van der Waals surface area contributed by atoms with Crippen LogP contribution >= 0.6 is 0 Å². The highest BCUT2D eigenvalue weighted by molar-refractivity contribution is 6.85. The molecule has 0 bridgehead atoms. The average Bonchev–Trinajstić information content (AvgIpc) is 3.00. The van der Waals surface area contributed by atoms with Crippen LogP contribution in [0.4, 0.5) is 0 Å². The van der Waals surface area contributed by atoms with Gasteiger partial charge in [-0.05, 0) is 55.7 Å². The van der Waals surface area contributed by atoms with Crippen LogP contribution in [0.3, 0.4) is 0 Å². The molecule has 0 N–H and O–H groups in total. The molecule has 0 spiro atoms. The fraction of sp³-hybridized carbons (Fsp3) is 1.00. The van der Waals surface area contributed by atoms with Gasteiger partial charge in [0.2, 0.25) is 0 Å². The van der Waals surface area contributed by atoms with E-state index < -0.39 is 25.9 Å². The van der Waals surface area contributed by atoms with E-state index in [-0.39, 0.29) is 5.04 Å². The van der Waals surface area contributed by atoms with E-state index in [0.29, 0.717) is 131 Å². The molecule has 0 heterocycles. The molecule has 0 radical (unpaired) electrons. The third kappa shape index (κ3) is 33.7. The largest absolute Gasteiger partial charge is 0.439 e. The van der Waals surface area contributed by atoms with Crippen LogP contribution in [-0.4, -0.2) is 159 Å². The lowest BCUT2D eigenvalue weighted by Crippen LogP contribution is -2.52. The van der Waals surface area contributed by atoms with Gasteiger partial charge in [-0.3, -0.25) is 0 Å². The molecule has 49 heavy (non-hydrogen) atoms. The zero-order valence-corrected chi connectivity index (χ0v) is 36.3. The Morgan fingerprint density at radius 2 is 0.816 bits per heavy atom. The highest BCUT2D eigenvalue weighted by atomic mass is 28.5. The van der Waals surface area contributed by atoms with Crippen molar-refractivity contribution in [3.8, 4) is 0 Å². The first-order chi connectivity index (χ1) is 23.3. The molecule has 0 saturated heterocycles. The third-order valence-corrected chi connectivity index (χ3v) is 20.2. The molecule has 0 aliphatic rings. The Morgan fingerprint density at radius 1 is 0.510 bits per heavy atom. The van der Waals surface area contributed by atoms with Gasteiger partial charge in [-0.15, -0.1) is 0 Å². The van der Waals surface area contributed by atoms with E-state index in [0.717, 1.165) is 18.5 Å². The number of hydrogen-bond donors (Lipinski definition) is 0. The van der Waals surface area contributed by atoms with Gasteiger partial charge < -0.3 is 55.6 Å². The molecule has 0 aliphatic carbocycles. The van der Waals surface area contributed by atoms with Crippen LogP contribution in [0, 0.1) is 5.92 Å². The van der Waals surface area contributed by atoms with Crippen molar-refractivity contribution < 1.29 is 55.6 Å². The van der Waals surface area contributed by atoms with Crippen LogP contribution in [0.2, 0.25) is 43.3 Å². The van der Waals surface area contributed by atoms with E-state index in [2.05, 4.69) is 60.8 Å². The molecule has 0 aromatic carbocycles. The summed E-state index contributed by atoms with van der Waals surface area (Å²) in [7, 11) is -3.82. The monoisotopic (exact) mass is 760 g/mol. The maximum absolute atomic E-state index is 6.93. The first kappa shape index (κ1) is 49.2. The van der Waals surface area contributed by atoms with Crippen molar-refractivity contribution in [1.82, 2.24) is 0 Å². The van der Waals surface area contributed by atoms with Crippen molar-refractivity contribution in [1.29, 1.82) is 0 Å². The second-order valence-electron chi connectivity index (χ2n) is 14.3. The highest BCUT2D eigenvalue weighted by Gasteiger charge is 2.41. The summed E-state index contributed by atoms with van der Waals surface area (Å²) in [5.74, 6) is 0.639. The molecule has 0 aliphatic heterocycles. The third-order valence-electron chi connectivity index (χ3n) is 7.37. The topological polar surface area (TPSA) is 111 Å². The lowest BCUT2D eigenvalue weighted by Gasteiger charge is -2.41. The molecule has 12 nitrogen and oxygen atoms in total. The standard InChI is InChI=1S/C34H76O12Si3/c1-33(2)32-48(8,9)46-49(10,45-47(7)34(3,4)5)31-11-12-36-15-16-38-19-20-40-23-24-42-27-28-44-30-29-43-26-25-41-22-21-39-18-17-37-14-13-35-6/h33,47H,11-32H2,1-10H3. The first-order valence-electron chi connectivity index (χ1n) is 18.4. The van der Waals surface area contributed by atoms with Gasteiger partial charge in [0.1, 0.15) is 0 Å². The molecule has 296 valence electrons. The first-order valence-corrected chi connectivity index (χ1v) is 26.2. The van der Waals surface area contributed by atoms with Gasteiger partial charge in [0.15, 0.2) is 17.4 Å². The second-order valence-corrected chi connectivity index (χ2v) is 25.8. The Morgan fingerprint density at radius 3 is 1.10 bits per heavy atom. The van der Waals surface area contributed by atoms with Crippen LogP contribution in [-0.2, 0) is 55.6 Å². The number of ether oxygens (including phenoxy) is 10. The molecular formula is C34H76O12Si3. The summed E-state index contributed by atoms with van der Waals surface area (Å²) < 4.78 is 68.5. The molecule has 15 heteroatoms. The minimum Gasteiger partial charge on any atom is -0.439 e. The summed E-state index contributed by atoms with van der Waals surface area (Å²) in [6.45, 7) is 31.1. The Kier molecular flexibility index (Phi) is 31.8. The average molecular weight is 761 g/mol. The van der Waals surface area contributed by atoms with Gasteiger partial charge in [0, 0.05) is 13.7 Å². The van der Waals surface area contributed by atoms with Crippen molar-refractivity contribution >= 4 is 25.9 Å². The maximum atomic E-state index is 6.93. The van der Waals surface area contributed by atoms with E-state index >= 15 is 0 Å². The van der Waals surface area contributed by atoms with E-state index in [9.17, 15) is 0 Å². The summed E-state index contributed by atoms with van der Waals surface area (Å²) in [6, 6.07) is 2.12. The zero-order chi connectivity index (χ0) is 36.7. The molecule has 0 fully saturated rings. The summed E-state index contributed by atoms with van der Waals surface area (Å²) in [4.78, 5) is 0. The highest BCUT2D eigenvalue weighted by Crippen LogP contribution is 2.33. The van der Waals surface area contributed by atoms with Crippen molar-refractivity contribution in [2.24, 2.45) is 5.92 Å². The van der Waals surface area contributed by atoms with Crippen LogP contribution in [0.25, 0.3) is 0 Å². The number of hydrogen-bond acceptors (Lipinski definition) is 12. The quantitative estimate of drug-likeness (QED) is 0.0606. The zero-order valence-electron chi connectivity index (χ0n) is 33.1. The lowest BCUT2D eigenvalue weighted by atomic mass is 10.3. The molecule has 2 atom stereocenters. The molecule has 0 saturated carbocycles. The van der Waals surface area contributed by atoms with Crippen molar-refractivity contribution in [3.63, 3.8) is 0 Å². The molecular weight excluding hydrogens is 685 g/mol. The Balaban J connectivity index is 3.60. The Labute approximate surface area is 303 Å². The summed E-state index contributed by atoms with van der Waals surface area (Å²) in [5.41, 5.74) is 0. The molecule has 0 aromatic rings. The maximum Gasteiger partial charge on any atom is 0.314 e. The summed E-state index contributed by atoms with van der Waals surface area (Å²) >= 11 is 0. The van der Waals surface area contributed by atoms with Crippen LogP contribution in [0.1, 0.15) is 41.0 Å². The Bertz CT molecular complexity index is 718. The van der Waals surface area contributed by atoms with Gasteiger partial charge in [-0.1, -0.05) is 34.6 Å². The number of rotatable bonds is 37. The molecule has 0 rings (SSSR count). The van der Waals surface area contributed by atoms with Crippen molar-refractivity contribution in [3.05, 3.63) is 0 Å². The SMILES string of the molecule is COCCOCCOCCOCCOCCOCCOCCOCCOCCOCCC[Si](C)(O[SiH](C)C(C)(C)C)O[Si](C)(C)CC(C)C. The fourth-order valence-corrected chi connectivity index (χ4v) is 18.5. The van der Waals surface area contributed by atoms with E-state index in [1.807, 2.05) is 0 Å².